The van der Waals surface area contributed by atoms with E-state index in [1.165, 1.54) is 0 Å². The quantitative estimate of drug-likeness (QED) is 0.544. The Bertz CT molecular complexity index is 546. The number of nitrogen functional groups attached to an aromatic ring is 1. The average Bonchev–Trinajstić information content (AvgIpc) is 2.90. The summed E-state index contributed by atoms with van der Waals surface area (Å²) >= 11 is 0. The maximum Gasteiger partial charge on any atom is 0.243 e. The lowest BCUT2D eigenvalue weighted by atomic mass is 9.82. The molecular formula is C11H16N8. The second-order valence-electron chi connectivity index (χ2n) is 4.81. The zero-order chi connectivity index (χ0) is 13.2. The van der Waals surface area contributed by atoms with Crippen LogP contribution in [0.5, 0.6) is 0 Å². The van der Waals surface area contributed by atoms with E-state index >= 15 is 0 Å². The Balaban J connectivity index is 1.85. The molecule has 0 radical (unpaired) electrons. The summed E-state index contributed by atoms with van der Waals surface area (Å²) in [4.78, 5) is 16.7. The molecule has 3 rings (SSSR count). The van der Waals surface area contributed by atoms with Crippen LogP contribution in [-0.2, 0) is 0 Å². The molecule has 8 heteroatoms. The molecule has 2 aromatic rings. The van der Waals surface area contributed by atoms with E-state index in [0.29, 0.717) is 23.9 Å². The van der Waals surface area contributed by atoms with E-state index in [1.54, 1.807) is 23.3 Å². The first-order chi connectivity index (χ1) is 9.24. The van der Waals surface area contributed by atoms with Crippen molar-refractivity contribution in [3.63, 3.8) is 0 Å². The van der Waals surface area contributed by atoms with E-state index in [-0.39, 0.29) is 0 Å². The van der Waals surface area contributed by atoms with Gasteiger partial charge in [-0.1, -0.05) is 6.92 Å². The number of hydrogen-bond acceptors (Lipinski definition) is 7. The molecule has 4 N–H and O–H groups in total. The van der Waals surface area contributed by atoms with E-state index in [9.17, 15) is 0 Å². The molecule has 0 aliphatic heterocycles. The number of nitrogens with zero attached hydrogens (tertiary/aromatic N) is 5. The number of hydrazine groups is 1. The van der Waals surface area contributed by atoms with Gasteiger partial charge in [0.2, 0.25) is 17.8 Å². The second kappa shape index (κ2) is 4.81. The minimum atomic E-state index is 0.327. The first-order valence-electron chi connectivity index (χ1n) is 6.22. The lowest BCUT2D eigenvalue weighted by Gasteiger charge is -2.33. The highest BCUT2D eigenvalue weighted by Gasteiger charge is 2.26. The van der Waals surface area contributed by atoms with E-state index in [0.717, 1.165) is 18.8 Å². The minimum Gasteiger partial charge on any atom is -0.351 e. The van der Waals surface area contributed by atoms with Crippen LogP contribution >= 0.6 is 0 Å². The number of rotatable bonds is 4. The van der Waals surface area contributed by atoms with Gasteiger partial charge in [-0.2, -0.15) is 15.0 Å². The molecule has 1 aliphatic rings. The lowest BCUT2D eigenvalue weighted by molar-refractivity contribution is 0.308. The predicted octanol–water partition coefficient (Wildman–Crippen LogP) is 0.553. The van der Waals surface area contributed by atoms with Crippen molar-refractivity contribution in [2.75, 3.05) is 10.7 Å². The molecular weight excluding hydrogens is 244 g/mol. The topological polar surface area (TPSA) is 107 Å². The van der Waals surface area contributed by atoms with Crippen LogP contribution in [0.4, 0.5) is 11.9 Å². The molecule has 2 heterocycles. The number of hydrogen-bond donors (Lipinski definition) is 3. The van der Waals surface area contributed by atoms with Gasteiger partial charge in [0.15, 0.2) is 0 Å². The molecule has 2 aromatic heterocycles. The molecule has 19 heavy (non-hydrogen) atoms. The Kier molecular flexibility index (Phi) is 3.00. The van der Waals surface area contributed by atoms with Crippen molar-refractivity contribution in [1.82, 2.24) is 24.5 Å². The Morgan fingerprint density at radius 1 is 1.26 bits per heavy atom. The van der Waals surface area contributed by atoms with Crippen LogP contribution in [0.25, 0.3) is 5.95 Å². The largest absolute Gasteiger partial charge is 0.351 e. The van der Waals surface area contributed by atoms with E-state index in [4.69, 9.17) is 5.84 Å². The predicted molar refractivity (Wildman–Crippen MR) is 70.6 cm³/mol. The van der Waals surface area contributed by atoms with Crippen LogP contribution in [0.3, 0.4) is 0 Å². The summed E-state index contributed by atoms with van der Waals surface area (Å²) in [5, 5.41) is 3.29. The third kappa shape index (κ3) is 2.48. The zero-order valence-electron chi connectivity index (χ0n) is 10.6. The van der Waals surface area contributed by atoms with Crippen molar-refractivity contribution in [3.8, 4) is 5.95 Å². The number of anilines is 2. The van der Waals surface area contributed by atoms with E-state index < -0.39 is 0 Å². The lowest BCUT2D eigenvalue weighted by Crippen LogP contribution is -2.34. The molecule has 1 fully saturated rings. The number of nitrogens with one attached hydrogen (secondary N) is 2. The molecule has 0 saturated heterocycles. The summed E-state index contributed by atoms with van der Waals surface area (Å²) in [7, 11) is 0. The molecule has 100 valence electrons. The van der Waals surface area contributed by atoms with Gasteiger partial charge in [0.05, 0.1) is 0 Å². The fourth-order valence-electron chi connectivity index (χ4n) is 2.19. The second-order valence-corrected chi connectivity index (χ2v) is 4.81. The van der Waals surface area contributed by atoms with Crippen LogP contribution < -0.4 is 16.6 Å². The van der Waals surface area contributed by atoms with Gasteiger partial charge >= 0.3 is 0 Å². The van der Waals surface area contributed by atoms with Gasteiger partial charge in [0.1, 0.15) is 6.33 Å². The Hall–Kier alpha value is -2.22. The standard InChI is InChI=1S/C11H16N8/c1-7-4-8(5-7)14-9-15-10(18-12)17-11(16-9)19-3-2-13-6-19/h2-3,6-8H,4-5,12H2,1H3,(H2,14,15,16,17,18). The van der Waals surface area contributed by atoms with Gasteiger partial charge < -0.3 is 5.32 Å². The molecule has 0 bridgehead atoms. The number of nitrogens with two attached hydrogens (primary N) is 1. The van der Waals surface area contributed by atoms with Gasteiger partial charge in [0.25, 0.3) is 0 Å². The zero-order valence-corrected chi connectivity index (χ0v) is 10.6. The molecule has 0 spiro atoms. The first kappa shape index (κ1) is 11.8. The molecule has 0 amide bonds. The molecule has 0 atom stereocenters. The van der Waals surface area contributed by atoms with Crippen LogP contribution in [-0.4, -0.2) is 30.5 Å². The SMILES string of the molecule is CC1CC(Nc2nc(NN)nc(-n3ccnc3)n2)C1. The fraction of sp³-hybridized carbons (Fsp3) is 0.455. The molecule has 1 aliphatic carbocycles. The maximum atomic E-state index is 5.38. The van der Waals surface area contributed by atoms with E-state index in [2.05, 4.69) is 37.6 Å². The van der Waals surface area contributed by atoms with Crippen molar-refractivity contribution in [2.45, 2.75) is 25.8 Å². The van der Waals surface area contributed by atoms with Crippen LogP contribution in [0, 0.1) is 5.92 Å². The van der Waals surface area contributed by atoms with Crippen molar-refractivity contribution in [3.05, 3.63) is 18.7 Å². The summed E-state index contributed by atoms with van der Waals surface area (Å²) in [6, 6.07) is 0.429. The van der Waals surface area contributed by atoms with Gasteiger partial charge in [-0.15, -0.1) is 0 Å². The van der Waals surface area contributed by atoms with Gasteiger partial charge in [-0.05, 0) is 18.8 Å². The third-order valence-corrected chi connectivity index (χ3v) is 3.20. The van der Waals surface area contributed by atoms with Crippen LogP contribution in [0.2, 0.25) is 0 Å². The number of aromatic nitrogens is 5. The van der Waals surface area contributed by atoms with Crippen molar-refractivity contribution in [2.24, 2.45) is 11.8 Å². The monoisotopic (exact) mass is 260 g/mol. The Labute approximate surface area is 110 Å². The minimum absolute atomic E-state index is 0.327. The van der Waals surface area contributed by atoms with E-state index in [1.807, 2.05) is 0 Å². The first-order valence-corrected chi connectivity index (χ1v) is 6.22. The summed E-state index contributed by atoms with van der Waals surface area (Å²) < 4.78 is 1.71. The Morgan fingerprint density at radius 3 is 2.68 bits per heavy atom. The summed E-state index contributed by atoms with van der Waals surface area (Å²) in [5.41, 5.74) is 2.45. The van der Waals surface area contributed by atoms with Crippen LogP contribution in [0.15, 0.2) is 18.7 Å². The third-order valence-electron chi connectivity index (χ3n) is 3.20. The Morgan fingerprint density at radius 2 is 2.05 bits per heavy atom. The summed E-state index contributed by atoms with van der Waals surface area (Å²) in [5.74, 6) is 7.49. The highest BCUT2D eigenvalue weighted by molar-refractivity contribution is 5.38. The molecule has 0 aromatic carbocycles. The van der Waals surface area contributed by atoms with Gasteiger partial charge in [-0.3, -0.25) is 9.99 Å². The highest BCUT2D eigenvalue weighted by Crippen LogP contribution is 2.28. The molecule has 8 nitrogen and oxygen atoms in total. The summed E-state index contributed by atoms with van der Waals surface area (Å²) in [6.07, 6.45) is 7.34. The maximum absolute atomic E-state index is 5.38. The number of imidazole rings is 1. The van der Waals surface area contributed by atoms with Crippen molar-refractivity contribution >= 4 is 11.9 Å². The smallest absolute Gasteiger partial charge is 0.243 e. The molecule has 1 saturated carbocycles. The normalized spacial score (nSPS) is 21.8. The van der Waals surface area contributed by atoms with Crippen molar-refractivity contribution < 1.29 is 0 Å². The molecule has 0 unspecified atom stereocenters. The van der Waals surface area contributed by atoms with Gasteiger partial charge in [0, 0.05) is 18.4 Å². The highest BCUT2D eigenvalue weighted by atomic mass is 15.4. The average molecular weight is 260 g/mol. The fourth-order valence-corrected chi connectivity index (χ4v) is 2.19. The van der Waals surface area contributed by atoms with Crippen LogP contribution in [0.1, 0.15) is 19.8 Å². The van der Waals surface area contributed by atoms with Gasteiger partial charge in [-0.25, -0.2) is 10.8 Å². The van der Waals surface area contributed by atoms with Crippen molar-refractivity contribution in [1.29, 1.82) is 0 Å². The summed E-state index contributed by atoms with van der Waals surface area (Å²) in [6.45, 7) is 2.23.